The van der Waals surface area contributed by atoms with Gasteiger partial charge < -0.3 is 0 Å². The molecule has 1 aromatic rings. The second-order valence-corrected chi connectivity index (χ2v) is 5.86. The van der Waals surface area contributed by atoms with E-state index in [-0.39, 0.29) is 5.82 Å². The Balaban J connectivity index is 2.70. The van der Waals surface area contributed by atoms with Crippen molar-refractivity contribution >= 4 is 15.9 Å². The summed E-state index contributed by atoms with van der Waals surface area (Å²) in [5, 5.41) is 0. The van der Waals surface area contributed by atoms with E-state index in [0.29, 0.717) is 16.7 Å². The normalized spacial score (nSPS) is 15.3. The van der Waals surface area contributed by atoms with E-state index in [1.54, 1.807) is 0 Å². The number of halogens is 2. The lowest BCUT2D eigenvalue weighted by molar-refractivity contribution is 0.383. The van der Waals surface area contributed by atoms with Crippen LogP contribution in [0.25, 0.3) is 0 Å². The van der Waals surface area contributed by atoms with E-state index in [2.05, 4.69) is 36.7 Å². The Bertz CT molecular complexity index is 282. The number of alkyl halides is 1. The maximum absolute atomic E-state index is 12.7. The zero-order valence-corrected chi connectivity index (χ0v) is 11.1. The molecule has 2 unspecified atom stereocenters. The lowest BCUT2D eigenvalue weighted by Gasteiger charge is -2.23. The fourth-order valence-corrected chi connectivity index (χ4v) is 2.62. The SMILES string of the molecule is CC(C)C(Cc1ccc(F)cc1)C(C)Br. The monoisotopic (exact) mass is 272 g/mol. The van der Waals surface area contributed by atoms with Crippen molar-refractivity contribution in [3.63, 3.8) is 0 Å². The van der Waals surface area contributed by atoms with Gasteiger partial charge in [-0.25, -0.2) is 4.39 Å². The van der Waals surface area contributed by atoms with Crippen LogP contribution in [0, 0.1) is 17.7 Å². The van der Waals surface area contributed by atoms with Crippen LogP contribution in [0.4, 0.5) is 4.39 Å². The van der Waals surface area contributed by atoms with Gasteiger partial charge in [-0.3, -0.25) is 0 Å². The Hall–Kier alpha value is -0.370. The van der Waals surface area contributed by atoms with E-state index in [1.165, 1.54) is 17.7 Å². The van der Waals surface area contributed by atoms with Crippen molar-refractivity contribution in [1.82, 2.24) is 0 Å². The maximum Gasteiger partial charge on any atom is 0.123 e. The summed E-state index contributed by atoms with van der Waals surface area (Å²) in [6.45, 7) is 6.63. The van der Waals surface area contributed by atoms with Crippen molar-refractivity contribution in [3.05, 3.63) is 35.6 Å². The number of rotatable bonds is 4. The molecule has 0 aliphatic carbocycles. The van der Waals surface area contributed by atoms with Crippen LogP contribution in [0.3, 0.4) is 0 Å². The van der Waals surface area contributed by atoms with Crippen molar-refractivity contribution < 1.29 is 4.39 Å². The van der Waals surface area contributed by atoms with Crippen molar-refractivity contribution in [2.75, 3.05) is 0 Å². The summed E-state index contributed by atoms with van der Waals surface area (Å²) in [4.78, 5) is 0.488. The molecule has 0 aliphatic rings. The van der Waals surface area contributed by atoms with Gasteiger partial charge in [0.2, 0.25) is 0 Å². The molecule has 0 aromatic heterocycles. The molecule has 0 fully saturated rings. The van der Waals surface area contributed by atoms with Crippen molar-refractivity contribution in [1.29, 1.82) is 0 Å². The highest BCUT2D eigenvalue weighted by Gasteiger charge is 2.18. The average Bonchev–Trinajstić information content (AvgIpc) is 2.15. The van der Waals surface area contributed by atoms with E-state index in [1.807, 2.05) is 12.1 Å². The first kappa shape index (κ1) is 12.7. The van der Waals surface area contributed by atoms with Gasteiger partial charge in [-0.15, -0.1) is 0 Å². The molecule has 0 nitrogen and oxygen atoms in total. The molecule has 0 saturated heterocycles. The van der Waals surface area contributed by atoms with Crippen LogP contribution in [0.2, 0.25) is 0 Å². The Kier molecular flexibility index (Phi) is 4.78. The molecule has 1 aromatic carbocycles. The largest absolute Gasteiger partial charge is 0.207 e. The van der Waals surface area contributed by atoms with Crippen LogP contribution in [0.5, 0.6) is 0 Å². The standard InChI is InChI=1S/C13H18BrF/c1-9(2)13(10(3)14)8-11-4-6-12(15)7-5-11/h4-7,9-10,13H,8H2,1-3H3. The minimum atomic E-state index is -0.160. The zero-order valence-electron chi connectivity index (χ0n) is 9.50. The van der Waals surface area contributed by atoms with Gasteiger partial charge in [-0.1, -0.05) is 48.8 Å². The van der Waals surface area contributed by atoms with Gasteiger partial charge in [0.05, 0.1) is 0 Å². The summed E-state index contributed by atoms with van der Waals surface area (Å²) in [6.07, 6.45) is 1.00. The molecular weight excluding hydrogens is 255 g/mol. The van der Waals surface area contributed by atoms with Gasteiger partial charge in [0.1, 0.15) is 5.82 Å². The molecule has 84 valence electrons. The van der Waals surface area contributed by atoms with Crippen LogP contribution in [0.15, 0.2) is 24.3 Å². The lowest BCUT2D eigenvalue weighted by Crippen LogP contribution is -2.20. The molecule has 2 heteroatoms. The lowest BCUT2D eigenvalue weighted by atomic mass is 9.87. The molecule has 0 aliphatic heterocycles. The molecule has 0 amide bonds. The molecule has 0 bridgehead atoms. The summed E-state index contributed by atoms with van der Waals surface area (Å²) in [6, 6.07) is 6.82. The highest BCUT2D eigenvalue weighted by Crippen LogP contribution is 2.25. The molecule has 0 heterocycles. The third kappa shape index (κ3) is 3.94. The number of hydrogen-bond donors (Lipinski definition) is 0. The van der Waals surface area contributed by atoms with Crippen LogP contribution in [-0.4, -0.2) is 4.83 Å². The van der Waals surface area contributed by atoms with Gasteiger partial charge in [0, 0.05) is 4.83 Å². The van der Waals surface area contributed by atoms with Crippen LogP contribution < -0.4 is 0 Å². The molecule has 15 heavy (non-hydrogen) atoms. The Morgan fingerprint density at radius 2 is 1.67 bits per heavy atom. The van der Waals surface area contributed by atoms with E-state index in [9.17, 15) is 4.39 Å². The summed E-state index contributed by atoms with van der Waals surface area (Å²) in [7, 11) is 0. The molecule has 0 spiro atoms. The van der Waals surface area contributed by atoms with Gasteiger partial charge in [0.25, 0.3) is 0 Å². The second kappa shape index (κ2) is 5.64. The highest BCUT2D eigenvalue weighted by molar-refractivity contribution is 9.09. The molecule has 0 saturated carbocycles. The maximum atomic E-state index is 12.7. The average molecular weight is 273 g/mol. The molecule has 2 atom stereocenters. The molecule has 0 radical (unpaired) electrons. The minimum Gasteiger partial charge on any atom is -0.207 e. The fraction of sp³-hybridized carbons (Fsp3) is 0.538. The molecule has 1 rings (SSSR count). The highest BCUT2D eigenvalue weighted by atomic mass is 79.9. The van der Waals surface area contributed by atoms with Crippen molar-refractivity contribution in [3.8, 4) is 0 Å². The van der Waals surface area contributed by atoms with E-state index in [0.717, 1.165) is 6.42 Å². The number of hydrogen-bond acceptors (Lipinski definition) is 0. The third-order valence-electron chi connectivity index (χ3n) is 2.83. The van der Waals surface area contributed by atoms with Crippen LogP contribution >= 0.6 is 15.9 Å². The topological polar surface area (TPSA) is 0 Å². The van der Waals surface area contributed by atoms with E-state index in [4.69, 9.17) is 0 Å². The Morgan fingerprint density at radius 1 is 1.13 bits per heavy atom. The first-order valence-electron chi connectivity index (χ1n) is 5.39. The Labute approximate surface area is 100 Å². The molecule has 0 N–H and O–H groups in total. The summed E-state index contributed by atoms with van der Waals surface area (Å²) >= 11 is 3.64. The quantitative estimate of drug-likeness (QED) is 0.712. The fourth-order valence-electron chi connectivity index (χ4n) is 1.82. The smallest absolute Gasteiger partial charge is 0.123 e. The van der Waals surface area contributed by atoms with Crippen LogP contribution in [0.1, 0.15) is 26.3 Å². The van der Waals surface area contributed by atoms with Gasteiger partial charge in [0.15, 0.2) is 0 Å². The van der Waals surface area contributed by atoms with Crippen LogP contribution in [-0.2, 0) is 6.42 Å². The van der Waals surface area contributed by atoms with Gasteiger partial charge in [-0.2, -0.15) is 0 Å². The van der Waals surface area contributed by atoms with E-state index < -0.39 is 0 Å². The second-order valence-electron chi connectivity index (χ2n) is 4.42. The van der Waals surface area contributed by atoms with E-state index >= 15 is 0 Å². The zero-order chi connectivity index (χ0) is 11.4. The summed E-state index contributed by atoms with van der Waals surface area (Å²) in [5.41, 5.74) is 1.21. The van der Waals surface area contributed by atoms with Crippen molar-refractivity contribution in [2.24, 2.45) is 11.8 Å². The number of benzene rings is 1. The summed E-state index contributed by atoms with van der Waals surface area (Å²) < 4.78 is 12.7. The first-order valence-corrected chi connectivity index (χ1v) is 6.30. The van der Waals surface area contributed by atoms with Gasteiger partial charge in [-0.05, 0) is 36.0 Å². The minimum absolute atomic E-state index is 0.160. The predicted molar refractivity (Wildman–Crippen MR) is 66.8 cm³/mol. The van der Waals surface area contributed by atoms with Gasteiger partial charge >= 0.3 is 0 Å². The Morgan fingerprint density at radius 3 is 2.07 bits per heavy atom. The molecular formula is C13H18BrF. The third-order valence-corrected chi connectivity index (χ3v) is 3.51. The first-order chi connectivity index (χ1) is 7.00. The predicted octanol–water partition coefficient (Wildman–Crippen LogP) is 4.42. The van der Waals surface area contributed by atoms with Crippen molar-refractivity contribution in [2.45, 2.75) is 32.0 Å². The summed E-state index contributed by atoms with van der Waals surface area (Å²) in [5.74, 6) is 1.06.